The number of aliphatic imine (C=N–C) groups is 2. The molecule has 6 heteroatoms. The maximum absolute atomic E-state index is 5.81. The highest BCUT2D eigenvalue weighted by atomic mass is 35.5. The SMILES string of the molecule is Cc1ccc(N=C(N)N=C(N)Nc2ccc(Cl)cc2)cc1. The van der Waals surface area contributed by atoms with Crippen LogP contribution in [0.1, 0.15) is 5.56 Å². The van der Waals surface area contributed by atoms with Crippen LogP contribution in [0.15, 0.2) is 58.5 Å². The number of nitrogens with zero attached hydrogens (tertiary/aromatic N) is 2. The molecule has 0 spiro atoms. The zero-order valence-corrected chi connectivity index (χ0v) is 12.3. The summed E-state index contributed by atoms with van der Waals surface area (Å²) in [6, 6.07) is 14.7. The standard InChI is InChI=1S/C15H16ClN5/c1-10-2-6-12(7-3-10)19-14(17)21-15(18)20-13-8-4-11(16)5-9-13/h2-9H,1H3,(H5,17,18,19,20,21). The van der Waals surface area contributed by atoms with Crippen LogP contribution >= 0.6 is 11.6 Å². The third-order valence-electron chi connectivity index (χ3n) is 2.63. The summed E-state index contributed by atoms with van der Waals surface area (Å²) in [4.78, 5) is 8.15. The summed E-state index contributed by atoms with van der Waals surface area (Å²) in [5, 5.41) is 3.55. The maximum Gasteiger partial charge on any atom is 0.223 e. The molecule has 0 aliphatic carbocycles. The quantitative estimate of drug-likeness (QED) is 0.588. The van der Waals surface area contributed by atoms with E-state index >= 15 is 0 Å². The molecule has 0 saturated carbocycles. The average Bonchev–Trinajstić information content (AvgIpc) is 2.44. The van der Waals surface area contributed by atoms with E-state index in [9.17, 15) is 0 Å². The minimum Gasteiger partial charge on any atom is -0.369 e. The first kappa shape index (κ1) is 14.9. The summed E-state index contributed by atoms with van der Waals surface area (Å²) in [6.45, 7) is 2.00. The molecule has 0 radical (unpaired) electrons. The minimum atomic E-state index is 0.0813. The normalized spacial score (nSPS) is 12.3. The van der Waals surface area contributed by atoms with E-state index in [2.05, 4.69) is 15.3 Å². The van der Waals surface area contributed by atoms with Crippen LogP contribution in [-0.2, 0) is 0 Å². The van der Waals surface area contributed by atoms with Gasteiger partial charge in [0, 0.05) is 10.7 Å². The van der Waals surface area contributed by atoms with Crippen LogP contribution in [0.4, 0.5) is 11.4 Å². The van der Waals surface area contributed by atoms with Gasteiger partial charge in [-0.05, 0) is 43.3 Å². The molecular weight excluding hydrogens is 286 g/mol. The Morgan fingerprint density at radius 3 is 2.24 bits per heavy atom. The second-order valence-corrected chi connectivity index (χ2v) is 4.87. The van der Waals surface area contributed by atoms with Gasteiger partial charge in [-0.3, -0.25) is 0 Å². The number of anilines is 1. The number of hydrogen-bond acceptors (Lipinski definition) is 1. The van der Waals surface area contributed by atoms with E-state index in [1.807, 2.05) is 31.2 Å². The van der Waals surface area contributed by atoms with Gasteiger partial charge in [-0.25, -0.2) is 4.99 Å². The predicted molar refractivity (Wildman–Crippen MR) is 89.2 cm³/mol. The van der Waals surface area contributed by atoms with Crippen molar-refractivity contribution in [3.05, 3.63) is 59.1 Å². The molecular formula is C15H16ClN5. The van der Waals surface area contributed by atoms with Crippen molar-refractivity contribution in [2.24, 2.45) is 21.5 Å². The predicted octanol–water partition coefficient (Wildman–Crippen LogP) is 3.02. The minimum absolute atomic E-state index is 0.0813. The smallest absolute Gasteiger partial charge is 0.223 e. The lowest BCUT2D eigenvalue weighted by Gasteiger charge is -2.05. The molecule has 0 amide bonds. The Hall–Kier alpha value is -2.53. The highest BCUT2D eigenvalue weighted by molar-refractivity contribution is 6.30. The van der Waals surface area contributed by atoms with E-state index in [0.717, 1.165) is 16.9 Å². The molecule has 108 valence electrons. The fourth-order valence-electron chi connectivity index (χ4n) is 1.61. The molecule has 0 aromatic heterocycles. The van der Waals surface area contributed by atoms with Crippen molar-refractivity contribution < 1.29 is 0 Å². The number of aryl methyl sites for hydroxylation is 1. The van der Waals surface area contributed by atoms with Crippen LogP contribution < -0.4 is 16.8 Å². The Morgan fingerprint density at radius 1 is 1.00 bits per heavy atom. The molecule has 5 nitrogen and oxygen atoms in total. The molecule has 0 saturated heterocycles. The lowest BCUT2D eigenvalue weighted by molar-refractivity contribution is 1.37. The number of halogens is 1. The van der Waals surface area contributed by atoms with Crippen molar-refractivity contribution in [3.8, 4) is 0 Å². The molecule has 0 aliphatic rings. The number of benzene rings is 2. The number of nitrogens with two attached hydrogens (primary N) is 2. The van der Waals surface area contributed by atoms with Gasteiger partial charge in [0.1, 0.15) is 0 Å². The molecule has 2 aromatic carbocycles. The summed E-state index contributed by atoms with van der Waals surface area (Å²) < 4.78 is 0. The van der Waals surface area contributed by atoms with Crippen LogP contribution in [0.25, 0.3) is 0 Å². The van der Waals surface area contributed by atoms with Crippen LogP contribution in [0.2, 0.25) is 5.02 Å². The van der Waals surface area contributed by atoms with Gasteiger partial charge in [0.25, 0.3) is 0 Å². The summed E-state index contributed by atoms with van der Waals surface area (Å²) in [5.74, 6) is 0.239. The molecule has 0 atom stereocenters. The third-order valence-corrected chi connectivity index (χ3v) is 2.88. The summed E-state index contributed by atoms with van der Waals surface area (Å²) in [7, 11) is 0. The lowest BCUT2D eigenvalue weighted by atomic mass is 10.2. The largest absolute Gasteiger partial charge is 0.369 e. The van der Waals surface area contributed by atoms with Crippen molar-refractivity contribution in [1.29, 1.82) is 0 Å². The van der Waals surface area contributed by atoms with Gasteiger partial charge >= 0.3 is 0 Å². The van der Waals surface area contributed by atoms with E-state index in [1.165, 1.54) is 0 Å². The van der Waals surface area contributed by atoms with Crippen LogP contribution in [0.5, 0.6) is 0 Å². The molecule has 5 N–H and O–H groups in total. The molecule has 0 heterocycles. The Bertz CT molecular complexity index is 659. The van der Waals surface area contributed by atoms with Gasteiger partial charge in [-0.2, -0.15) is 4.99 Å². The maximum atomic E-state index is 5.81. The first-order chi connectivity index (χ1) is 10.0. The summed E-state index contributed by atoms with van der Waals surface area (Å²) >= 11 is 5.81. The molecule has 0 fully saturated rings. The van der Waals surface area contributed by atoms with E-state index in [1.54, 1.807) is 24.3 Å². The van der Waals surface area contributed by atoms with E-state index < -0.39 is 0 Å². The first-order valence-electron chi connectivity index (χ1n) is 6.30. The Balaban J connectivity index is 2.06. The second kappa shape index (κ2) is 6.76. The fraction of sp³-hybridized carbons (Fsp3) is 0.0667. The number of guanidine groups is 2. The van der Waals surface area contributed by atoms with Gasteiger partial charge in [0.15, 0.2) is 0 Å². The van der Waals surface area contributed by atoms with E-state index in [-0.39, 0.29) is 11.9 Å². The monoisotopic (exact) mass is 301 g/mol. The van der Waals surface area contributed by atoms with E-state index in [0.29, 0.717) is 5.02 Å². The Morgan fingerprint density at radius 2 is 1.62 bits per heavy atom. The highest BCUT2D eigenvalue weighted by Gasteiger charge is 1.97. The lowest BCUT2D eigenvalue weighted by Crippen LogP contribution is -2.25. The Kier molecular flexibility index (Phi) is 4.79. The average molecular weight is 302 g/mol. The molecule has 2 rings (SSSR count). The fourth-order valence-corrected chi connectivity index (χ4v) is 1.74. The molecule has 21 heavy (non-hydrogen) atoms. The van der Waals surface area contributed by atoms with Crippen molar-refractivity contribution >= 4 is 34.9 Å². The number of rotatable bonds is 2. The zero-order valence-electron chi connectivity index (χ0n) is 11.5. The van der Waals surface area contributed by atoms with Gasteiger partial charge in [-0.15, -0.1) is 0 Å². The number of nitrogens with one attached hydrogen (secondary N) is 1. The number of hydrogen-bond donors (Lipinski definition) is 3. The molecule has 2 aromatic rings. The summed E-state index contributed by atoms with van der Waals surface area (Å²) in [5.41, 5.74) is 14.2. The molecule has 0 unspecified atom stereocenters. The van der Waals surface area contributed by atoms with Crippen LogP contribution in [-0.4, -0.2) is 11.9 Å². The van der Waals surface area contributed by atoms with Gasteiger partial charge in [0.2, 0.25) is 11.9 Å². The third kappa shape index (κ3) is 4.81. The summed E-state index contributed by atoms with van der Waals surface area (Å²) in [6.07, 6.45) is 0. The van der Waals surface area contributed by atoms with Crippen LogP contribution in [0, 0.1) is 6.92 Å². The second-order valence-electron chi connectivity index (χ2n) is 4.43. The van der Waals surface area contributed by atoms with Gasteiger partial charge < -0.3 is 16.8 Å². The van der Waals surface area contributed by atoms with Crippen molar-refractivity contribution in [1.82, 2.24) is 0 Å². The topological polar surface area (TPSA) is 88.8 Å². The van der Waals surface area contributed by atoms with Gasteiger partial charge in [-0.1, -0.05) is 29.3 Å². The highest BCUT2D eigenvalue weighted by Crippen LogP contribution is 2.13. The van der Waals surface area contributed by atoms with E-state index in [4.69, 9.17) is 23.1 Å². The molecule has 0 aliphatic heterocycles. The molecule has 0 bridgehead atoms. The zero-order chi connectivity index (χ0) is 15.2. The van der Waals surface area contributed by atoms with Crippen molar-refractivity contribution in [3.63, 3.8) is 0 Å². The van der Waals surface area contributed by atoms with Gasteiger partial charge in [0.05, 0.1) is 5.69 Å². The van der Waals surface area contributed by atoms with Crippen LogP contribution in [0.3, 0.4) is 0 Å². The van der Waals surface area contributed by atoms with Crippen molar-refractivity contribution in [2.75, 3.05) is 5.32 Å². The van der Waals surface area contributed by atoms with Crippen molar-refractivity contribution in [2.45, 2.75) is 6.92 Å². The first-order valence-corrected chi connectivity index (χ1v) is 6.68. The Labute approximate surface area is 128 Å².